The number of hydrogen-bond donors (Lipinski definition) is 0. The van der Waals surface area contributed by atoms with Crippen LogP contribution in [0, 0.1) is 0 Å². The summed E-state index contributed by atoms with van der Waals surface area (Å²) in [4.78, 5) is 8.74. The van der Waals surface area contributed by atoms with Gasteiger partial charge in [0.15, 0.2) is 0 Å². The summed E-state index contributed by atoms with van der Waals surface area (Å²) in [5, 5.41) is 1.68. The summed E-state index contributed by atoms with van der Waals surface area (Å²) >= 11 is 18.0. The monoisotopic (exact) mass is 314 g/mol. The molecule has 0 aliphatic heterocycles. The van der Waals surface area contributed by atoms with E-state index in [2.05, 4.69) is 23.8 Å². The molecule has 2 rings (SSSR count). The maximum absolute atomic E-state index is 6.15. The molecule has 5 heteroatoms. The number of halogens is 3. The maximum atomic E-state index is 6.15. The van der Waals surface area contributed by atoms with Crippen molar-refractivity contribution in [3.05, 3.63) is 56.5 Å². The highest BCUT2D eigenvalue weighted by Crippen LogP contribution is 2.23. The van der Waals surface area contributed by atoms with Gasteiger partial charge in [0.05, 0.1) is 0 Å². The molecule has 0 bridgehead atoms. The van der Waals surface area contributed by atoms with E-state index in [4.69, 9.17) is 34.8 Å². The molecule has 0 atom stereocenters. The van der Waals surface area contributed by atoms with Gasteiger partial charge in [-0.15, -0.1) is 0 Å². The van der Waals surface area contributed by atoms with Crippen molar-refractivity contribution in [1.29, 1.82) is 0 Å². The van der Waals surface area contributed by atoms with Gasteiger partial charge in [-0.2, -0.15) is 0 Å². The third kappa shape index (κ3) is 3.82. The predicted molar refractivity (Wildman–Crippen MR) is 80.4 cm³/mol. The van der Waals surface area contributed by atoms with Gasteiger partial charge in [0.25, 0.3) is 0 Å². The first-order valence-corrected chi connectivity index (χ1v) is 7.06. The van der Waals surface area contributed by atoms with Crippen molar-refractivity contribution in [3.63, 3.8) is 0 Å². The standard InChI is InChI=1S/C14H13Cl3N2/c1-8(2)12-7-13(17)19-14(18-12)5-9-3-4-10(15)6-11(9)16/h3-4,6-8H,5H2,1-2H3. The Balaban J connectivity index is 2.32. The Morgan fingerprint density at radius 3 is 2.42 bits per heavy atom. The largest absolute Gasteiger partial charge is 0.237 e. The highest BCUT2D eigenvalue weighted by atomic mass is 35.5. The van der Waals surface area contributed by atoms with E-state index in [1.807, 2.05) is 6.07 Å². The van der Waals surface area contributed by atoms with E-state index in [9.17, 15) is 0 Å². The fourth-order valence-electron chi connectivity index (χ4n) is 1.69. The van der Waals surface area contributed by atoms with Crippen LogP contribution < -0.4 is 0 Å². The van der Waals surface area contributed by atoms with Crippen molar-refractivity contribution in [1.82, 2.24) is 9.97 Å². The van der Waals surface area contributed by atoms with Gasteiger partial charge in [0.2, 0.25) is 0 Å². The van der Waals surface area contributed by atoms with E-state index in [1.54, 1.807) is 18.2 Å². The minimum Gasteiger partial charge on any atom is -0.237 e. The second-order valence-electron chi connectivity index (χ2n) is 4.60. The lowest BCUT2D eigenvalue weighted by Crippen LogP contribution is -2.02. The van der Waals surface area contributed by atoms with Gasteiger partial charge < -0.3 is 0 Å². The van der Waals surface area contributed by atoms with Crippen molar-refractivity contribution in [2.45, 2.75) is 26.2 Å². The molecule has 0 saturated carbocycles. The summed E-state index contributed by atoms with van der Waals surface area (Å²) in [5.41, 5.74) is 1.86. The van der Waals surface area contributed by atoms with Crippen LogP contribution in [0.15, 0.2) is 24.3 Å². The van der Waals surface area contributed by atoms with Crippen LogP contribution in [0.25, 0.3) is 0 Å². The Morgan fingerprint density at radius 2 is 1.79 bits per heavy atom. The smallest absolute Gasteiger partial charge is 0.134 e. The first kappa shape index (κ1) is 14.6. The summed E-state index contributed by atoms with van der Waals surface area (Å²) in [6.45, 7) is 4.13. The molecule has 0 spiro atoms. The van der Waals surface area contributed by atoms with Crippen LogP contribution in [0.1, 0.15) is 36.8 Å². The lowest BCUT2D eigenvalue weighted by atomic mass is 10.1. The molecule has 0 aliphatic rings. The molecule has 0 fully saturated rings. The number of nitrogens with zero attached hydrogens (tertiary/aromatic N) is 2. The van der Waals surface area contributed by atoms with Crippen molar-refractivity contribution >= 4 is 34.8 Å². The quantitative estimate of drug-likeness (QED) is 0.732. The van der Waals surface area contributed by atoms with E-state index in [0.717, 1.165) is 11.3 Å². The number of aromatic nitrogens is 2. The van der Waals surface area contributed by atoms with Crippen LogP contribution in [0.3, 0.4) is 0 Å². The summed E-state index contributed by atoms with van der Waals surface area (Å²) < 4.78 is 0. The Kier molecular flexibility index (Phi) is 4.67. The normalized spacial score (nSPS) is 11.1. The molecule has 0 saturated heterocycles. The van der Waals surface area contributed by atoms with Crippen LogP contribution in [0.5, 0.6) is 0 Å². The zero-order valence-electron chi connectivity index (χ0n) is 10.6. The second-order valence-corrected chi connectivity index (χ2v) is 5.83. The van der Waals surface area contributed by atoms with Crippen LogP contribution in [0.2, 0.25) is 15.2 Å². The minimum atomic E-state index is 0.305. The molecule has 1 aromatic heterocycles. The van der Waals surface area contributed by atoms with E-state index >= 15 is 0 Å². The molecule has 19 heavy (non-hydrogen) atoms. The third-order valence-corrected chi connectivity index (χ3v) is 3.50. The highest BCUT2D eigenvalue weighted by Gasteiger charge is 2.09. The molecule has 2 aromatic rings. The summed E-state index contributed by atoms with van der Waals surface area (Å²) in [5.74, 6) is 0.973. The number of rotatable bonds is 3. The topological polar surface area (TPSA) is 25.8 Å². The molecular formula is C14H13Cl3N2. The van der Waals surface area contributed by atoms with Crippen molar-refractivity contribution in [2.24, 2.45) is 0 Å². The van der Waals surface area contributed by atoms with E-state index in [0.29, 0.717) is 33.4 Å². The molecule has 0 amide bonds. The Morgan fingerprint density at radius 1 is 1.05 bits per heavy atom. The maximum Gasteiger partial charge on any atom is 0.134 e. The second kappa shape index (κ2) is 6.08. The zero-order valence-corrected chi connectivity index (χ0v) is 12.9. The van der Waals surface area contributed by atoms with E-state index in [1.165, 1.54) is 0 Å². The fourth-order valence-corrected chi connectivity index (χ4v) is 2.38. The number of hydrogen-bond acceptors (Lipinski definition) is 2. The molecule has 0 radical (unpaired) electrons. The van der Waals surface area contributed by atoms with Crippen molar-refractivity contribution < 1.29 is 0 Å². The highest BCUT2D eigenvalue weighted by molar-refractivity contribution is 6.35. The lowest BCUT2D eigenvalue weighted by molar-refractivity contribution is 0.791. The van der Waals surface area contributed by atoms with Gasteiger partial charge >= 0.3 is 0 Å². The number of benzene rings is 1. The van der Waals surface area contributed by atoms with Crippen LogP contribution in [0.4, 0.5) is 0 Å². The molecular weight excluding hydrogens is 303 g/mol. The van der Waals surface area contributed by atoms with Crippen LogP contribution in [-0.2, 0) is 6.42 Å². The predicted octanol–water partition coefficient (Wildman–Crippen LogP) is 5.15. The molecule has 1 aromatic carbocycles. The van der Waals surface area contributed by atoms with Gasteiger partial charge in [-0.05, 0) is 29.7 Å². The fraction of sp³-hybridized carbons (Fsp3) is 0.286. The molecule has 0 aliphatic carbocycles. The SMILES string of the molecule is CC(C)c1cc(Cl)nc(Cc2ccc(Cl)cc2Cl)n1. The molecule has 1 heterocycles. The van der Waals surface area contributed by atoms with Gasteiger partial charge in [-0.1, -0.05) is 54.7 Å². The van der Waals surface area contributed by atoms with Gasteiger partial charge in [0.1, 0.15) is 11.0 Å². The van der Waals surface area contributed by atoms with Crippen molar-refractivity contribution in [3.8, 4) is 0 Å². The molecule has 100 valence electrons. The molecule has 2 nitrogen and oxygen atoms in total. The van der Waals surface area contributed by atoms with Gasteiger partial charge in [-0.25, -0.2) is 9.97 Å². The summed E-state index contributed by atoms with van der Waals surface area (Å²) in [6, 6.07) is 7.19. The minimum absolute atomic E-state index is 0.305. The van der Waals surface area contributed by atoms with Gasteiger partial charge in [-0.3, -0.25) is 0 Å². The lowest BCUT2D eigenvalue weighted by Gasteiger charge is -2.08. The Labute approximate surface area is 127 Å². The molecule has 0 N–H and O–H groups in total. The summed E-state index contributed by atoms with van der Waals surface area (Å²) in [6.07, 6.45) is 0.538. The summed E-state index contributed by atoms with van der Waals surface area (Å²) in [7, 11) is 0. The molecule has 0 unspecified atom stereocenters. The Bertz CT molecular complexity index is 597. The van der Waals surface area contributed by atoms with E-state index in [-0.39, 0.29) is 0 Å². The average Bonchev–Trinajstić information content (AvgIpc) is 2.32. The first-order chi connectivity index (χ1) is 8.95. The third-order valence-electron chi connectivity index (χ3n) is 2.72. The van der Waals surface area contributed by atoms with Crippen molar-refractivity contribution in [2.75, 3.05) is 0 Å². The Hall–Kier alpha value is -0.830. The van der Waals surface area contributed by atoms with Crippen LogP contribution >= 0.6 is 34.8 Å². The average molecular weight is 316 g/mol. The first-order valence-electron chi connectivity index (χ1n) is 5.93. The van der Waals surface area contributed by atoms with E-state index < -0.39 is 0 Å². The van der Waals surface area contributed by atoms with Crippen LogP contribution in [-0.4, -0.2) is 9.97 Å². The van der Waals surface area contributed by atoms with Gasteiger partial charge in [0, 0.05) is 22.2 Å². The zero-order chi connectivity index (χ0) is 14.0.